The van der Waals surface area contributed by atoms with Gasteiger partial charge in [-0.3, -0.25) is 9.59 Å². The van der Waals surface area contributed by atoms with Crippen LogP contribution < -0.4 is 10.9 Å². The van der Waals surface area contributed by atoms with E-state index >= 15 is 0 Å². The topological polar surface area (TPSA) is 129 Å². The number of pyridine rings is 2. The molecule has 0 radical (unpaired) electrons. The van der Waals surface area contributed by atoms with Crippen LogP contribution in [0.2, 0.25) is 0 Å². The van der Waals surface area contributed by atoms with E-state index in [1.807, 2.05) is 13.8 Å². The van der Waals surface area contributed by atoms with Gasteiger partial charge in [-0.1, -0.05) is 13.8 Å². The molecule has 5 heterocycles. The van der Waals surface area contributed by atoms with Gasteiger partial charge in [0, 0.05) is 35.4 Å². The van der Waals surface area contributed by atoms with Gasteiger partial charge < -0.3 is 29.2 Å². The van der Waals surface area contributed by atoms with Gasteiger partial charge in [-0.25, -0.2) is 14.2 Å². The maximum absolute atomic E-state index is 15.0. The largest absolute Gasteiger partial charge is 0.458 e. The third kappa shape index (κ3) is 4.43. The number of benzene rings is 1. The Kier molecular flexibility index (Phi) is 7.13. The van der Waals surface area contributed by atoms with Gasteiger partial charge in [0.1, 0.15) is 12.4 Å². The first kappa shape index (κ1) is 27.5. The minimum absolute atomic E-state index is 0.151. The second-order valence-corrected chi connectivity index (χ2v) is 10.4. The molecular formula is C30H32FN3O7. The molecule has 2 atom stereocenters. The first-order valence-electron chi connectivity index (χ1n) is 14.1. The van der Waals surface area contributed by atoms with E-state index in [2.05, 4.69) is 5.32 Å². The summed E-state index contributed by atoms with van der Waals surface area (Å²) in [7, 11) is 0. The number of halogens is 1. The summed E-state index contributed by atoms with van der Waals surface area (Å²) in [5.41, 5.74) is 4.40. The molecule has 2 unspecified atom stereocenters. The molecule has 0 spiro atoms. The number of nitrogens with zero attached hydrogens (tertiary/aromatic N) is 2. The third-order valence-corrected chi connectivity index (χ3v) is 8.28. The number of esters is 1. The van der Waals surface area contributed by atoms with Crippen molar-refractivity contribution >= 4 is 22.8 Å². The maximum Gasteiger partial charge on any atom is 0.340 e. The van der Waals surface area contributed by atoms with Crippen LogP contribution in [0.25, 0.3) is 22.3 Å². The number of aliphatic hydroxyl groups is 1. The SMILES string of the molecule is CC.Cc1c(F)cc2nc3c(c4c2c1CCC4NC(=O)CCC1OCCO1)Cn1c-3cc2c(c1=O)COC(=O)C2O. The zero-order valence-electron chi connectivity index (χ0n) is 23.2. The Bertz CT molecular complexity index is 1640. The van der Waals surface area contributed by atoms with Crippen LogP contribution in [0.15, 0.2) is 16.9 Å². The Morgan fingerprint density at radius 3 is 2.68 bits per heavy atom. The second-order valence-electron chi connectivity index (χ2n) is 10.4. The molecule has 1 aliphatic carbocycles. The molecule has 11 heteroatoms. The normalized spacial score (nSPS) is 20.6. The molecule has 216 valence electrons. The average molecular weight is 566 g/mol. The van der Waals surface area contributed by atoms with Gasteiger partial charge in [0.2, 0.25) is 5.91 Å². The van der Waals surface area contributed by atoms with Crippen molar-refractivity contribution in [2.45, 2.75) is 78.0 Å². The van der Waals surface area contributed by atoms with Gasteiger partial charge in [-0.05, 0) is 42.5 Å². The summed E-state index contributed by atoms with van der Waals surface area (Å²) >= 11 is 0. The molecule has 0 bridgehead atoms. The summed E-state index contributed by atoms with van der Waals surface area (Å²) in [5.74, 6) is -1.33. The van der Waals surface area contributed by atoms with E-state index in [4.69, 9.17) is 19.2 Å². The lowest BCUT2D eigenvalue weighted by atomic mass is 9.81. The molecule has 1 fully saturated rings. The lowest BCUT2D eigenvalue weighted by Crippen LogP contribution is -2.33. The summed E-state index contributed by atoms with van der Waals surface area (Å²) in [6.45, 7) is 6.76. The predicted molar refractivity (Wildman–Crippen MR) is 145 cm³/mol. The first-order chi connectivity index (χ1) is 19.8. The van der Waals surface area contributed by atoms with E-state index < -0.39 is 12.1 Å². The number of fused-ring (bicyclic) bond motifs is 5. The average Bonchev–Trinajstić information content (AvgIpc) is 3.63. The molecular weight excluding hydrogens is 533 g/mol. The summed E-state index contributed by atoms with van der Waals surface area (Å²) < 4.78 is 32.4. The number of nitrogens with one attached hydrogen (secondary N) is 1. The van der Waals surface area contributed by atoms with Crippen molar-refractivity contribution in [2.24, 2.45) is 0 Å². The quantitative estimate of drug-likeness (QED) is 0.361. The van der Waals surface area contributed by atoms with Gasteiger partial charge in [0.05, 0.1) is 48.3 Å². The first-order valence-corrected chi connectivity index (χ1v) is 14.1. The fourth-order valence-corrected chi connectivity index (χ4v) is 6.34. The molecule has 1 amide bonds. The van der Waals surface area contributed by atoms with E-state index in [1.165, 1.54) is 6.07 Å². The fourth-order valence-electron chi connectivity index (χ4n) is 6.34. The highest BCUT2D eigenvalue weighted by molar-refractivity contribution is 5.93. The summed E-state index contributed by atoms with van der Waals surface area (Å²) in [5, 5.41) is 14.4. The number of carbonyl (C=O) groups excluding carboxylic acids is 2. The smallest absolute Gasteiger partial charge is 0.340 e. The van der Waals surface area contributed by atoms with E-state index in [-0.39, 0.29) is 60.3 Å². The Labute approximate surface area is 235 Å². The Morgan fingerprint density at radius 1 is 1.17 bits per heavy atom. The minimum Gasteiger partial charge on any atom is -0.458 e. The van der Waals surface area contributed by atoms with Gasteiger partial charge in [-0.15, -0.1) is 0 Å². The fraction of sp³-hybridized carbons (Fsp3) is 0.467. The number of aromatic nitrogens is 2. The molecule has 1 saturated heterocycles. The Morgan fingerprint density at radius 2 is 1.93 bits per heavy atom. The van der Waals surface area contributed by atoms with Gasteiger partial charge in [-0.2, -0.15) is 0 Å². The zero-order valence-corrected chi connectivity index (χ0v) is 23.2. The number of aliphatic hydroxyl groups excluding tert-OH is 1. The predicted octanol–water partition coefficient (Wildman–Crippen LogP) is 3.25. The van der Waals surface area contributed by atoms with Crippen molar-refractivity contribution in [1.29, 1.82) is 0 Å². The van der Waals surface area contributed by atoms with Crippen LogP contribution in [-0.2, 0) is 43.4 Å². The summed E-state index contributed by atoms with van der Waals surface area (Å²) in [4.78, 5) is 43.3. The van der Waals surface area contributed by atoms with Crippen molar-refractivity contribution in [1.82, 2.24) is 14.9 Å². The van der Waals surface area contributed by atoms with Crippen molar-refractivity contribution in [3.63, 3.8) is 0 Å². The highest BCUT2D eigenvalue weighted by atomic mass is 19.1. The lowest BCUT2D eigenvalue weighted by molar-refractivity contribution is -0.157. The number of carbonyl (C=O) groups is 2. The standard InChI is InChI=1S/C28H26FN3O7.C2H6/c1-12-13-2-3-18(30-21(33)4-5-22-37-6-7-38-22)24-15-10-32-20(25(15)31-19(23(13)24)9-17(12)29)8-14-16(27(32)35)11-39-28(36)26(14)34;1-2/h8-9,18,22,26,34H,2-7,10-11H2,1H3,(H,30,33);1-2H3. The summed E-state index contributed by atoms with van der Waals surface area (Å²) in [6.07, 6.45) is -0.149. The molecule has 10 nitrogen and oxygen atoms in total. The van der Waals surface area contributed by atoms with Crippen LogP contribution in [0.1, 0.15) is 78.6 Å². The van der Waals surface area contributed by atoms with Gasteiger partial charge >= 0.3 is 5.97 Å². The zero-order chi connectivity index (χ0) is 29.0. The van der Waals surface area contributed by atoms with Crippen LogP contribution in [0.3, 0.4) is 0 Å². The minimum atomic E-state index is -1.57. The van der Waals surface area contributed by atoms with Crippen LogP contribution in [0, 0.1) is 12.7 Å². The Hall–Kier alpha value is -3.67. The van der Waals surface area contributed by atoms with Gasteiger partial charge in [0.25, 0.3) is 5.56 Å². The monoisotopic (exact) mass is 565 g/mol. The van der Waals surface area contributed by atoms with Crippen molar-refractivity contribution < 1.29 is 33.3 Å². The molecule has 3 aromatic rings. The van der Waals surface area contributed by atoms with E-state index in [9.17, 15) is 23.9 Å². The second kappa shape index (κ2) is 10.6. The molecule has 2 N–H and O–H groups in total. The van der Waals surface area contributed by atoms with E-state index in [0.717, 1.165) is 22.1 Å². The van der Waals surface area contributed by atoms with E-state index in [1.54, 1.807) is 17.6 Å². The molecule has 3 aliphatic heterocycles. The highest BCUT2D eigenvalue weighted by Crippen LogP contribution is 2.45. The van der Waals surface area contributed by atoms with Crippen LogP contribution >= 0.6 is 0 Å². The third-order valence-electron chi connectivity index (χ3n) is 8.28. The number of cyclic esters (lactones) is 1. The molecule has 1 aromatic carbocycles. The number of rotatable bonds is 4. The van der Waals surface area contributed by atoms with Crippen LogP contribution in [0.5, 0.6) is 0 Å². The molecule has 7 rings (SSSR count). The maximum atomic E-state index is 15.0. The Balaban J connectivity index is 0.00000148. The van der Waals surface area contributed by atoms with Gasteiger partial charge in [0.15, 0.2) is 12.4 Å². The highest BCUT2D eigenvalue weighted by Gasteiger charge is 2.37. The van der Waals surface area contributed by atoms with Crippen molar-refractivity contribution in [3.8, 4) is 11.4 Å². The van der Waals surface area contributed by atoms with Crippen molar-refractivity contribution in [2.75, 3.05) is 13.2 Å². The molecule has 4 aliphatic rings. The van der Waals surface area contributed by atoms with Crippen LogP contribution in [-0.4, -0.2) is 46.0 Å². The van der Waals surface area contributed by atoms with E-state index in [0.29, 0.717) is 54.9 Å². The number of hydrogen-bond acceptors (Lipinski definition) is 8. The molecule has 41 heavy (non-hydrogen) atoms. The van der Waals surface area contributed by atoms with Crippen LogP contribution in [0.4, 0.5) is 4.39 Å². The number of ether oxygens (including phenoxy) is 3. The summed E-state index contributed by atoms with van der Waals surface area (Å²) in [6, 6.07) is 2.63. The van der Waals surface area contributed by atoms with Crippen molar-refractivity contribution in [3.05, 3.63) is 61.7 Å². The lowest BCUT2D eigenvalue weighted by Gasteiger charge is -2.30. The number of amides is 1. The number of aryl methyl sites for hydroxylation is 1. The molecule has 2 aromatic heterocycles. The molecule has 0 saturated carbocycles. The number of hydrogen-bond donors (Lipinski definition) is 2.